The molecule has 0 saturated heterocycles. The molecule has 69 heavy (non-hydrogen) atoms. The minimum Gasteiger partial charge on any atom is -0.504 e. The fourth-order valence-corrected chi connectivity index (χ4v) is 10.9. The maximum atomic E-state index is 12.8. The Hall–Kier alpha value is -3.28. The van der Waals surface area contributed by atoms with Crippen molar-refractivity contribution in [3.05, 3.63) is 47.5 Å². The molecule has 2 saturated carbocycles. The average molecular weight is 980 g/mol. The third kappa shape index (κ3) is 22.4. The molecule has 11 heteroatoms. The third-order valence-corrected chi connectivity index (χ3v) is 20.1. The summed E-state index contributed by atoms with van der Waals surface area (Å²) < 4.78 is 29.5. The van der Waals surface area contributed by atoms with Gasteiger partial charge < -0.3 is 33.6 Å². The number of hydrogen-bond donors (Lipinski definition) is 2. The number of carbonyl (C=O) groups excluding carboxylic acids is 2. The Morgan fingerprint density at radius 1 is 0.565 bits per heavy atom. The highest BCUT2D eigenvalue weighted by atomic mass is 28.4. The van der Waals surface area contributed by atoms with Crippen LogP contribution in [0.25, 0.3) is 0 Å². The summed E-state index contributed by atoms with van der Waals surface area (Å²) in [6.45, 7) is 19.4. The zero-order valence-corrected chi connectivity index (χ0v) is 45.6. The lowest BCUT2D eigenvalue weighted by Crippen LogP contribution is -2.43. The number of phenolic OH excluding ortho intramolecular Hbond substituents is 2. The van der Waals surface area contributed by atoms with Crippen molar-refractivity contribution in [1.82, 2.24) is 4.90 Å². The number of aromatic hydroxyl groups is 2. The summed E-state index contributed by atoms with van der Waals surface area (Å²) in [4.78, 5) is 27.7. The lowest BCUT2D eigenvalue weighted by Gasteiger charge is -2.36. The van der Waals surface area contributed by atoms with Gasteiger partial charge in [-0.25, -0.2) is 0 Å². The van der Waals surface area contributed by atoms with Crippen LogP contribution in [-0.4, -0.2) is 88.0 Å². The third-order valence-electron chi connectivity index (χ3n) is 15.6. The lowest BCUT2D eigenvalue weighted by atomic mass is 9.77. The van der Waals surface area contributed by atoms with Gasteiger partial charge in [-0.1, -0.05) is 98.1 Å². The number of benzene rings is 2. The summed E-state index contributed by atoms with van der Waals surface area (Å²) in [5.41, 5.74) is 2.44. The van der Waals surface area contributed by atoms with Crippen molar-refractivity contribution < 1.29 is 43.2 Å². The Morgan fingerprint density at radius 2 is 0.986 bits per heavy atom. The molecule has 0 aliphatic heterocycles. The van der Waals surface area contributed by atoms with Crippen LogP contribution in [0, 0.1) is 11.8 Å². The number of rotatable bonds is 34. The Balaban J connectivity index is 1.07. The summed E-state index contributed by atoms with van der Waals surface area (Å²) in [5.74, 6) is 3.77. The molecule has 2 aromatic rings. The first-order valence-corrected chi connectivity index (χ1v) is 30.7. The number of nitrogens with zero attached hydrogens (tertiary/aromatic N) is 1. The Kier molecular flexibility index (Phi) is 27.0. The van der Waals surface area contributed by atoms with Crippen molar-refractivity contribution in [3.63, 3.8) is 0 Å². The van der Waals surface area contributed by atoms with E-state index >= 15 is 0 Å². The number of ether oxygens (including phenoxy) is 4. The molecule has 4 rings (SSSR count). The summed E-state index contributed by atoms with van der Waals surface area (Å²) in [6.07, 6.45) is 25.9. The molecule has 0 atom stereocenters. The monoisotopic (exact) mass is 980 g/mol. The molecule has 0 bridgehead atoms. The van der Waals surface area contributed by atoms with Crippen LogP contribution in [0.15, 0.2) is 36.4 Å². The van der Waals surface area contributed by atoms with Gasteiger partial charge in [-0.2, -0.15) is 0 Å². The maximum absolute atomic E-state index is 12.8. The van der Waals surface area contributed by atoms with Gasteiger partial charge in [0.2, 0.25) is 0 Å². The van der Waals surface area contributed by atoms with Crippen LogP contribution in [0.2, 0.25) is 18.1 Å². The van der Waals surface area contributed by atoms with Crippen molar-refractivity contribution >= 4 is 20.3 Å². The molecule has 2 fully saturated rings. The first-order valence-electron chi connectivity index (χ1n) is 27.8. The van der Waals surface area contributed by atoms with E-state index in [0.29, 0.717) is 76.0 Å². The second-order valence-corrected chi connectivity index (χ2v) is 26.9. The minimum absolute atomic E-state index is 0.0860. The first-order chi connectivity index (χ1) is 33.2. The molecule has 0 amide bonds. The van der Waals surface area contributed by atoms with Crippen LogP contribution in [0.1, 0.15) is 212 Å². The quantitative estimate of drug-likeness (QED) is 0.0398. The Labute approximate surface area is 420 Å². The predicted molar refractivity (Wildman–Crippen MR) is 283 cm³/mol. The number of phenols is 2. The van der Waals surface area contributed by atoms with Crippen LogP contribution in [0.3, 0.4) is 0 Å². The number of hydrogen-bond acceptors (Lipinski definition) is 10. The molecule has 2 aliphatic rings. The molecule has 392 valence electrons. The molecule has 0 radical (unpaired) electrons. The average Bonchev–Trinajstić information content (AvgIpc) is 3.32. The topological polar surface area (TPSA) is 124 Å². The van der Waals surface area contributed by atoms with Crippen molar-refractivity contribution in [1.29, 1.82) is 0 Å². The fourth-order valence-electron chi connectivity index (χ4n) is 9.88. The molecule has 0 aromatic heterocycles. The van der Waals surface area contributed by atoms with Crippen molar-refractivity contribution in [2.45, 2.75) is 219 Å². The molecule has 0 spiro atoms. The molecule has 0 unspecified atom stereocenters. The SMILES string of the molecule is CCCCCC1CCC(c2ccc(OCCCCCOC(=O)CCN(CCO[Si](C)(C)C(C)(C)C)CCC(=O)OCCCCCOc3ccc(C4CCC(CCCCC)CC4)cc3O)c(O)c2)CC1. The van der Waals surface area contributed by atoms with E-state index in [1.165, 1.54) is 114 Å². The van der Waals surface area contributed by atoms with Gasteiger partial charge in [0, 0.05) is 26.2 Å². The van der Waals surface area contributed by atoms with Crippen molar-refractivity contribution in [2.75, 3.05) is 52.7 Å². The second kappa shape index (κ2) is 31.9. The van der Waals surface area contributed by atoms with E-state index in [9.17, 15) is 19.8 Å². The van der Waals surface area contributed by atoms with Crippen LogP contribution < -0.4 is 9.47 Å². The van der Waals surface area contributed by atoms with Gasteiger partial charge in [0.25, 0.3) is 0 Å². The molecular weight excluding hydrogens is 883 g/mol. The summed E-state index contributed by atoms with van der Waals surface area (Å²) in [7, 11) is -1.95. The van der Waals surface area contributed by atoms with Gasteiger partial charge in [-0.05, 0) is 167 Å². The van der Waals surface area contributed by atoms with E-state index in [-0.39, 0.29) is 41.3 Å². The van der Waals surface area contributed by atoms with Gasteiger partial charge in [0.1, 0.15) is 0 Å². The minimum atomic E-state index is -1.95. The Morgan fingerprint density at radius 3 is 1.38 bits per heavy atom. The van der Waals surface area contributed by atoms with Crippen LogP contribution in [0.5, 0.6) is 23.0 Å². The lowest BCUT2D eigenvalue weighted by molar-refractivity contribution is -0.144. The standard InChI is InChI=1S/C58H97NO9Si/c1-8-10-14-20-46-22-26-48(27-23-46)50-30-32-54(52(60)44-50)64-39-16-12-18-41-66-56(62)34-36-59(38-43-68-69(6,7)58(3,4)5)37-35-57(63)67-42-19-13-17-40-65-55-33-31-51(45-53(55)61)49-28-24-47(25-29-49)21-15-11-9-2/h30-33,44-49,60-61H,8-29,34-43H2,1-7H3. The van der Waals surface area contributed by atoms with E-state index in [0.717, 1.165) is 50.4 Å². The van der Waals surface area contributed by atoms with E-state index in [1.807, 2.05) is 24.3 Å². The van der Waals surface area contributed by atoms with Gasteiger partial charge in [0.05, 0.1) is 39.3 Å². The van der Waals surface area contributed by atoms with E-state index in [2.05, 4.69) is 64.7 Å². The van der Waals surface area contributed by atoms with Crippen LogP contribution in [0.4, 0.5) is 0 Å². The van der Waals surface area contributed by atoms with E-state index in [1.54, 1.807) is 0 Å². The molecule has 0 heterocycles. The molecular formula is C58H97NO9Si. The van der Waals surface area contributed by atoms with Crippen LogP contribution in [-0.2, 0) is 23.5 Å². The highest BCUT2D eigenvalue weighted by Crippen LogP contribution is 2.42. The number of unbranched alkanes of at least 4 members (excludes halogenated alkanes) is 8. The van der Waals surface area contributed by atoms with Crippen molar-refractivity contribution in [2.24, 2.45) is 11.8 Å². The molecule has 2 N–H and O–H groups in total. The first kappa shape index (κ1) is 58.3. The molecule has 2 aliphatic carbocycles. The highest BCUT2D eigenvalue weighted by molar-refractivity contribution is 6.74. The van der Waals surface area contributed by atoms with Gasteiger partial charge in [0.15, 0.2) is 31.3 Å². The predicted octanol–water partition coefficient (Wildman–Crippen LogP) is 14.8. The smallest absolute Gasteiger partial charge is 0.307 e. The summed E-state index contributed by atoms with van der Waals surface area (Å²) in [5, 5.41) is 21.5. The van der Waals surface area contributed by atoms with E-state index < -0.39 is 8.32 Å². The zero-order valence-electron chi connectivity index (χ0n) is 44.6. The van der Waals surface area contributed by atoms with E-state index in [4.69, 9.17) is 23.4 Å². The maximum Gasteiger partial charge on any atom is 0.307 e. The zero-order chi connectivity index (χ0) is 49.9. The van der Waals surface area contributed by atoms with Crippen molar-refractivity contribution in [3.8, 4) is 23.0 Å². The van der Waals surface area contributed by atoms with Gasteiger partial charge in [-0.3, -0.25) is 14.5 Å². The highest BCUT2D eigenvalue weighted by Gasteiger charge is 2.37. The molecule has 10 nitrogen and oxygen atoms in total. The largest absolute Gasteiger partial charge is 0.504 e. The summed E-state index contributed by atoms with van der Waals surface area (Å²) in [6, 6.07) is 11.9. The number of carbonyl (C=O) groups is 2. The number of esters is 2. The van der Waals surface area contributed by atoms with Gasteiger partial charge in [-0.15, -0.1) is 0 Å². The normalized spacial score (nSPS) is 18.8. The summed E-state index contributed by atoms with van der Waals surface area (Å²) >= 11 is 0. The fraction of sp³-hybridized carbons (Fsp3) is 0.759. The second-order valence-electron chi connectivity index (χ2n) is 22.1. The Bertz CT molecular complexity index is 1620. The van der Waals surface area contributed by atoms with Crippen LogP contribution >= 0.6 is 0 Å². The van der Waals surface area contributed by atoms with Gasteiger partial charge >= 0.3 is 11.9 Å². The molecule has 2 aromatic carbocycles.